The summed E-state index contributed by atoms with van der Waals surface area (Å²) in [4.78, 5) is 0. The molecule has 3 nitrogen and oxygen atoms in total. The second-order valence-corrected chi connectivity index (χ2v) is 8.36. The van der Waals surface area contributed by atoms with Crippen LogP contribution in [-0.2, 0) is 5.41 Å². The van der Waals surface area contributed by atoms with E-state index in [9.17, 15) is 10.2 Å². The van der Waals surface area contributed by atoms with Crippen LogP contribution in [0.2, 0.25) is 0 Å². The third-order valence-electron chi connectivity index (χ3n) is 5.68. The lowest BCUT2D eigenvalue weighted by Crippen LogP contribution is -2.45. The number of allylic oxidation sites excluding steroid dienone is 2. The van der Waals surface area contributed by atoms with Gasteiger partial charge in [0.25, 0.3) is 0 Å². The smallest absolute Gasteiger partial charge is 0.127 e. The lowest BCUT2D eigenvalue weighted by Gasteiger charge is -2.47. The van der Waals surface area contributed by atoms with Crippen molar-refractivity contribution in [2.45, 2.75) is 64.4 Å². The van der Waals surface area contributed by atoms with Crippen LogP contribution in [0.15, 0.2) is 23.8 Å². The van der Waals surface area contributed by atoms with E-state index in [2.05, 4.69) is 26.8 Å². The summed E-state index contributed by atoms with van der Waals surface area (Å²) >= 11 is 0. The highest BCUT2D eigenvalue weighted by atomic mass is 16.5. The Kier molecular flexibility index (Phi) is 3.75. The highest BCUT2D eigenvalue weighted by Gasteiger charge is 2.46. The van der Waals surface area contributed by atoms with E-state index in [0.29, 0.717) is 17.6 Å². The zero-order valence-corrected chi connectivity index (χ0v) is 14.8. The van der Waals surface area contributed by atoms with E-state index < -0.39 is 5.41 Å². The van der Waals surface area contributed by atoms with Gasteiger partial charge in [-0.1, -0.05) is 25.5 Å². The number of benzene rings is 1. The number of hydrogen-bond acceptors (Lipinski definition) is 3. The zero-order chi connectivity index (χ0) is 17.0. The third kappa shape index (κ3) is 2.65. The van der Waals surface area contributed by atoms with E-state index >= 15 is 0 Å². The molecule has 3 rings (SSSR count). The molecule has 2 N–H and O–H groups in total. The molecule has 1 aromatic rings. The van der Waals surface area contributed by atoms with Crippen molar-refractivity contribution in [1.29, 1.82) is 0 Å². The fourth-order valence-electron chi connectivity index (χ4n) is 4.05. The molecule has 23 heavy (non-hydrogen) atoms. The van der Waals surface area contributed by atoms with Gasteiger partial charge < -0.3 is 14.9 Å². The van der Waals surface area contributed by atoms with Gasteiger partial charge in [0, 0.05) is 22.8 Å². The standard InChI is InChI=1S/C20H28O3/c1-12-6-7-15-14(8-12)18-16(22)9-13(19(2,3)11-21)10-17(18)23-20(15,4)5/h6,9-10,14-15,21-22H,7-8,11H2,1-5H3. The summed E-state index contributed by atoms with van der Waals surface area (Å²) in [7, 11) is 0. The Morgan fingerprint density at radius 2 is 2.00 bits per heavy atom. The topological polar surface area (TPSA) is 49.7 Å². The van der Waals surface area contributed by atoms with Crippen LogP contribution >= 0.6 is 0 Å². The molecule has 3 heteroatoms. The molecule has 0 aromatic heterocycles. The van der Waals surface area contributed by atoms with E-state index in [-0.39, 0.29) is 12.2 Å². The number of fused-ring (bicyclic) bond motifs is 3. The SMILES string of the molecule is CC1=CCC2C(C1)c1c(O)cc(C(C)(C)CO)cc1OC2(C)C. The fourth-order valence-corrected chi connectivity index (χ4v) is 4.05. The zero-order valence-electron chi connectivity index (χ0n) is 14.8. The number of phenolic OH excluding ortho intramolecular Hbond substituents is 1. The number of rotatable bonds is 2. The first-order valence-electron chi connectivity index (χ1n) is 8.48. The van der Waals surface area contributed by atoms with E-state index in [0.717, 1.165) is 29.7 Å². The summed E-state index contributed by atoms with van der Waals surface area (Å²) in [5.74, 6) is 1.76. The van der Waals surface area contributed by atoms with E-state index in [4.69, 9.17) is 4.74 Å². The Balaban J connectivity index is 2.14. The van der Waals surface area contributed by atoms with Crippen LogP contribution in [0.4, 0.5) is 0 Å². The van der Waals surface area contributed by atoms with E-state index in [1.54, 1.807) is 6.07 Å². The lowest BCUT2D eigenvalue weighted by molar-refractivity contribution is 0.00738. The first-order valence-corrected chi connectivity index (χ1v) is 8.48. The fraction of sp³-hybridized carbons (Fsp3) is 0.600. The Hall–Kier alpha value is -1.48. The number of hydrogen-bond donors (Lipinski definition) is 2. The maximum absolute atomic E-state index is 10.7. The minimum absolute atomic E-state index is 0.0303. The molecule has 2 aliphatic rings. The van der Waals surface area contributed by atoms with E-state index in [1.807, 2.05) is 19.9 Å². The van der Waals surface area contributed by atoms with Crippen molar-refractivity contribution in [3.05, 3.63) is 34.9 Å². The predicted molar refractivity (Wildman–Crippen MR) is 92.1 cm³/mol. The highest BCUT2D eigenvalue weighted by Crippen LogP contribution is 2.54. The number of ether oxygens (including phenoxy) is 1. The number of phenols is 1. The summed E-state index contributed by atoms with van der Waals surface area (Å²) in [6.07, 6.45) is 4.27. The van der Waals surface area contributed by atoms with Crippen LogP contribution in [0, 0.1) is 5.92 Å². The average Bonchev–Trinajstić information content (AvgIpc) is 2.45. The summed E-state index contributed by atoms with van der Waals surface area (Å²) in [6.45, 7) is 10.4. The molecule has 0 saturated heterocycles. The van der Waals surface area contributed by atoms with Gasteiger partial charge in [-0.05, 0) is 51.3 Å². The predicted octanol–water partition coefficient (Wildman–Crippen LogP) is 4.27. The van der Waals surface area contributed by atoms with Gasteiger partial charge in [-0.3, -0.25) is 0 Å². The molecule has 0 radical (unpaired) electrons. The monoisotopic (exact) mass is 316 g/mol. The molecule has 0 fully saturated rings. The van der Waals surface area contributed by atoms with Crippen LogP contribution in [0.25, 0.3) is 0 Å². The number of aliphatic hydroxyl groups excluding tert-OH is 1. The van der Waals surface area contributed by atoms with Crippen LogP contribution in [-0.4, -0.2) is 22.4 Å². The maximum Gasteiger partial charge on any atom is 0.127 e. The average molecular weight is 316 g/mol. The molecule has 0 amide bonds. The van der Waals surface area contributed by atoms with Gasteiger partial charge >= 0.3 is 0 Å². The van der Waals surface area contributed by atoms with Crippen LogP contribution in [0.1, 0.15) is 64.5 Å². The van der Waals surface area contributed by atoms with Gasteiger partial charge in [0.05, 0.1) is 6.61 Å². The molecular weight excluding hydrogens is 288 g/mol. The number of aromatic hydroxyl groups is 1. The second kappa shape index (κ2) is 5.27. The minimum Gasteiger partial charge on any atom is -0.508 e. The Morgan fingerprint density at radius 3 is 2.65 bits per heavy atom. The van der Waals surface area contributed by atoms with Gasteiger partial charge in [-0.2, -0.15) is 0 Å². The van der Waals surface area contributed by atoms with Gasteiger partial charge in [0.1, 0.15) is 17.1 Å². The van der Waals surface area contributed by atoms with Crippen molar-refractivity contribution in [2.75, 3.05) is 6.61 Å². The summed E-state index contributed by atoms with van der Waals surface area (Å²) in [5.41, 5.74) is 2.57. The minimum atomic E-state index is -0.404. The van der Waals surface area contributed by atoms with Crippen molar-refractivity contribution in [2.24, 2.45) is 5.92 Å². The van der Waals surface area contributed by atoms with Crippen LogP contribution < -0.4 is 4.74 Å². The lowest BCUT2D eigenvalue weighted by atomic mass is 9.67. The molecule has 0 saturated carbocycles. The molecule has 2 atom stereocenters. The van der Waals surface area contributed by atoms with Crippen molar-refractivity contribution in [1.82, 2.24) is 0 Å². The van der Waals surface area contributed by atoms with Crippen LogP contribution in [0.5, 0.6) is 11.5 Å². The van der Waals surface area contributed by atoms with Gasteiger partial charge in [0.2, 0.25) is 0 Å². The quantitative estimate of drug-likeness (QED) is 0.801. The van der Waals surface area contributed by atoms with Gasteiger partial charge in [-0.25, -0.2) is 0 Å². The van der Waals surface area contributed by atoms with Crippen LogP contribution in [0.3, 0.4) is 0 Å². The van der Waals surface area contributed by atoms with Gasteiger partial charge in [-0.15, -0.1) is 0 Å². The summed E-state index contributed by atoms with van der Waals surface area (Å²) in [6, 6.07) is 3.82. The molecular formula is C20H28O3. The molecule has 1 aliphatic carbocycles. The van der Waals surface area contributed by atoms with Crippen molar-refractivity contribution >= 4 is 0 Å². The highest BCUT2D eigenvalue weighted by molar-refractivity contribution is 5.54. The Labute approximate surface area is 139 Å². The molecule has 0 spiro atoms. The first kappa shape index (κ1) is 16.4. The number of aliphatic hydroxyl groups is 1. The Bertz CT molecular complexity index is 655. The van der Waals surface area contributed by atoms with Gasteiger partial charge in [0.15, 0.2) is 0 Å². The third-order valence-corrected chi connectivity index (χ3v) is 5.68. The maximum atomic E-state index is 10.7. The molecule has 0 bridgehead atoms. The molecule has 1 heterocycles. The molecule has 1 aromatic carbocycles. The van der Waals surface area contributed by atoms with Crippen molar-refractivity contribution in [3.63, 3.8) is 0 Å². The van der Waals surface area contributed by atoms with E-state index in [1.165, 1.54) is 5.57 Å². The largest absolute Gasteiger partial charge is 0.508 e. The Morgan fingerprint density at radius 1 is 1.30 bits per heavy atom. The van der Waals surface area contributed by atoms with Crippen molar-refractivity contribution in [3.8, 4) is 11.5 Å². The second-order valence-electron chi connectivity index (χ2n) is 8.36. The molecule has 1 aliphatic heterocycles. The molecule has 2 unspecified atom stereocenters. The van der Waals surface area contributed by atoms with Crippen molar-refractivity contribution < 1.29 is 14.9 Å². The summed E-state index contributed by atoms with van der Waals surface area (Å²) in [5, 5.41) is 20.3. The first-order chi connectivity index (χ1) is 10.7. The summed E-state index contributed by atoms with van der Waals surface area (Å²) < 4.78 is 6.31. The molecule has 126 valence electrons. The normalized spacial score (nSPS) is 25.9.